The summed E-state index contributed by atoms with van der Waals surface area (Å²) in [6.07, 6.45) is 0.788. The molecule has 0 atom stereocenters. The van der Waals surface area contributed by atoms with Gasteiger partial charge in [-0.15, -0.1) is 12.4 Å². The molecule has 0 unspecified atom stereocenters. The molecule has 0 fully saturated rings. The zero-order chi connectivity index (χ0) is 23.3. The Balaban J connectivity index is 0.00000385. The van der Waals surface area contributed by atoms with Crippen molar-refractivity contribution >= 4 is 45.0 Å². The predicted molar refractivity (Wildman–Crippen MR) is 134 cm³/mol. The Labute approximate surface area is 204 Å². The van der Waals surface area contributed by atoms with Gasteiger partial charge in [0, 0.05) is 12.1 Å². The first-order valence-corrected chi connectivity index (χ1v) is 10.9. The molecule has 1 amide bonds. The van der Waals surface area contributed by atoms with Gasteiger partial charge < -0.3 is 23.8 Å². The number of benzene rings is 2. The number of fused-ring (bicyclic) bond motifs is 1. The zero-order valence-electron chi connectivity index (χ0n) is 19.7. The molecule has 10 heteroatoms. The molecule has 0 aliphatic heterocycles. The summed E-state index contributed by atoms with van der Waals surface area (Å²) in [5.74, 6) is 1.78. The minimum atomic E-state index is -0.193. The Hall–Kier alpha value is -2.75. The zero-order valence-corrected chi connectivity index (χ0v) is 21.3. The Morgan fingerprint density at radius 1 is 0.939 bits per heavy atom. The summed E-state index contributed by atoms with van der Waals surface area (Å²) in [6, 6.07) is 9.08. The maximum absolute atomic E-state index is 13.7. The summed E-state index contributed by atoms with van der Waals surface area (Å²) >= 11 is 1.46. The minimum Gasteiger partial charge on any atom is -0.494 e. The molecule has 1 heterocycles. The Morgan fingerprint density at radius 2 is 1.58 bits per heavy atom. The van der Waals surface area contributed by atoms with E-state index in [0.717, 1.165) is 23.2 Å². The van der Waals surface area contributed by atoms with E-state index in [1.54, 1.807) is 24.1 Å². The Morgan fingerprint density at radius 3 is 2.12 bits per heavy atom. The lowest BCUT2D eigenvalue weighted by Gasteiger charge is -2.22. The number of carbonyl (C=O) groups is 1. The molecule has 0 aliphatic rings. The fourth-order valence-corrected chi connectivity index (χ4v) is 4.39. The van der Waals surface area contributed by atoms with E-state index in [0.29, 0.717) is 40.2 Å². The average Bonchev–Trinajstić information content (AvgIpc) is 3.24. The Kier molecular flexibility index (Phi) is 9.57. The highest BCUT2D eigenvalue weighted by Gasteiger charge is 2.25. The van der Waals surface area contributed by atoms with Crippen LogP contribution in [0.2, 0.25) is 0 Å². The molecule has 0 spiro atoms. The molecule has 33 heavy (non-hydrogen) atoms. The van der Waals surface area contributed by atoms with Gasteiger partial charge in [-0.2, -0.15) is 0 Å². The van der Waals surface area contributed by atoms with Crippen LogP contribution in [-0.2, 0) is 0 Å². The Bertz CT molecular complexity index is 1060. The fourth-order valence-electron chi connectivity index (χ4n) is 3.38. The van der Waals surface area contributed by atoms with E-state index in [-0.39, 0.29) is 18.3 Å². The van der Waals surface area contributed by atoms with E-state index in [2.05, 4.69) is 4.90 Å². The number of halogens is 1. The summed E-state index contributed by atoms with van der Waals surface area (Å²) in [5.41, 5.74) is 1.17. The highest BCUT2D eigenvalue weighted by atomic mass is 35.5. The SMILES string of the molecule is COc1cc(C(=O)N(CCCN(C)C)c2nc3c(OC)cccc3s2)cc(OC)c1OC.Cl. The lowest BCUT2D eigenvalue weighted by atomic mass is 10.1. The number of nitrogens with zero attached hydrogens (tertiary/aromatic N) is 3. The van der Waals surface area contributed by atoms with Crippen LogP contribution in [0.25, 0.3) is 10.2 Å². The molecule has 0 N–H and O–H groups in total. The molecule has 2 aromatic carbocycles. The summed E-state index contributed by atoms with van der Waals surface area (Å²) in [7, 11) is 10.2. The maximum atomic E-state index is 13.7. The lowest BCUT2D eigenvalue weighted by Crippen LogP contribution is -2.33. The van der Waals surface area contributed by atoms with Crippen LogP contribution in [-0.4, -0.2) is 71.4 Å². The number of aromatic nitrogens is 1. The van der Waals surface area contributed by atoms with Crippen LogP contribution in [0.15, 0.2) is 30.3 Å². The molecule has 1 aromatic heterocycles. The van der Waals surface area contributed by atoms with E-state index in [4.69, 9.17) is 23.9 Å². The van der Waals surface area contributed by atoms with Crippen LogP contribution in [0, 0.1) is 0 Å². The normalized spacial score (nSPS) is 10.6. The lowest BCUT2D eigenvalue weighted by molar-refractivity contribution is 0.0985. The van der Waals surface area contributed by atoms with Gasteiger partial charge in [0.15, 0.2) is 16.6 Å². The number of methoxy groups -OCH3 is 4. The number of hydrogen-bond donors (Lipinski definition) is 0. The first-order valence-electron chi connectivity index (χ1n) is 10.1. The molecular formula is C23H30ClN3O5S. The number of ether oxygens (including phenoxy) is 4. The number of carbonyl (C=O) groups excluding carboxylic acids is 1. The highest BCUT2D eigenvalue weighted by molar-refractivity contribution is 7.22. The van der Waals surface area contributed by atoms with Gasteiger partial charge in [-0.1, -0.05) is 17.4 Å². The van der Waals surface area contributed by atoms with Crippen molar-refractivity contribution in [3.63, 3.8) is 0 Å². The minimum absolute atomic E-state index is 0. The fraction of sp³-hybridized carbons (Fsp3) is 0.391. The third-order valence-corrected chi connectivity index (χ3v) is 6.01. The highest BCUT2D eigenvalue weighted by Crippen LogP contribution is 2.39. The molecular weight excluding hydrogens is 466 g/mol. The summed E-state index contributed by atoms with van der Waals surface area (Å²) in [5, 5.41) is 0.613. The van der Waals surface area contributed by atoms with Crippen molar-refractivity contribution in [2.24, 2.45) is 0 Å². The molecule has 0 saturated heterocycles. The quantitative estimate of drug-likeness (QED) is 0.414. The predicted octanol–water partition coefficient (Wildman–Crippen LogP) is 4.35. The van der Waals surface area contributed by atoms with E-state index in [1.807, 2.05) is 32.3 Å². The van der Waals surface area contributed by atoms with E-state index in [9.17, 15) is 4.79 Å². The molecule has 0 saturated carbocycles. The molecule has 180 valence electrons. The van der Waals surface area contributed by atoms with Gasteiger partial charge in [0.25, 0.3) is 5.91 Å². The van der Waals surface area contributed by atoms with E-state index >= 15 is 0 Å². The molecule has 0 radical (unpaired) electrons. The average molecular weight is 496 g/mol. The van der Waals surface area contributed by atoms with Crippen LogP contribution in [0.4, 0.5) is 5.13 Å². The van der Waals surface area contributed by atoms with Gasteiger partial charge in [-0.05, 0) is 51.3 Å². The number of anilines is 1. The monoisotopic (exact) mass is 495 g/mol. The van der Waals surface area contributed by atoms with Gasteiger partial charge in [-0.3, -0.25) is 9.69 Å². The van der Waals surface area contributed by atoms with Crippen molar-refractivity contribution in [2.45, 2.75) is 6.42 Å². The second-order valence-corrected chi connectivity index (χ2v) is 8.34. The van der Waals surface area contributed by atoms with Crippen LogP contribution in [0.5, 0.6) is 23.0 Å². The van der Waals surface area contributed by atoms with Crippen molar-refractivity contribution in [1.29, 1.82) is 0 Å². The summed E-state index contributed by atoms with van der Waals surface area (Å²) in [6.45, 7) is 1.35. The van der Waals surface area contributed by atoms with Crippen LogP contribution in [0.3, 0.4) is 0 Å². The maximum Gasteiger partial charge on any atom is 0.260 e. The second kappa shape index (κ2) is 11.9. The van der Waals surface area contributed by atoms with Gasteiger partial charge >= 0.3 is 0 Å². The van der Waals surface area contributed by atoms with Crippen LogP contribution >= 0.6 is 23.7 Å². The van der Waals surface area contributed by atoms with E-state index < -0.39 is 0 Å². The topological polar surface area (TPSA) is 73.4 Å². The molecule has 0 bridgehead atoms. The molecule has 0 aliphatic carbocycles. The first kappa shape index (κ1) is 26.5. The third-order valence-electron chi connectivity index (χ3n) is 4.97. The van der Waals surface area contributed by atoms with Gasteiger partial charge in [0.1, 0.15) is 11.3 Å². The number of amides is 1. The van der Waals surface area contributed by atoms with Crippen LogP contribution < -0.4 is 23.8 Å². The van der Waals surface area contributed by atoms with Gasteiger partial charge in [0.05, 0.1) is 33.1 Å². The van der Waals surface area contributed by atoms with E-state index in [1.165, 1.54) is 32.7 Å². The summed E-state index contributed by atoms with van der Waals surface area (Å²) in [4.78, 5) is 22.2. The van der Waals surface area contributed by atoms with Crippen molar-refractivity contribution in [3.8, 4) is 23.0 Å². The van der Waals surface area contributed by atoms with Crippen molar-refractivity contribution in [2.75, 3.05) is 60.5 Å². The smallest absolute Gasteiger partial charge is 0.260 e. The van der Waals surface area contributed by atoms with Crippen molar-refractivity contribution in [1.82, 2.24) is 9.88 Å². The number of rotatable bonds is 10. The van der Waals surface area contributed by atoms with Crippen molar-refractivity contribution in [3.05, 3.63) is 35.9 Å². The third kappa shape index (κ3) is 5.79. The van der Waals surface area contributed by atoms with Gasteiger partial charge in [0.2, 0.25) is 5.75 Å². The molecule has 3 aromatic rings. The standard InChI is InChI=1S/C23H29N3O5S.ClH/c1-25(2)11-8-12-26(23-24-20-16(28-3)9-7-10-19(20)32-23)22(27)15-13-17(29-4)21(31-6)18(14-15)30-5;/h7,9-10,13-14H,8,11-12H2,1-6H3;1H. The number of hydrogen-bond acceptors (Lipinski definition) is 8. The van der Waals surface area contributed by atoms with Gasteiger partial charge in [-0.25, -0.2) is 4.98 Å². The first-order chi connectivity index (χ1) is 15.4. The summed E-state index contributed by atoms with van der Waals surface area (Å²) < 4.78 is 22.7. The van der Waals surface area contributed by atoms with Crippen LogP contribution in [0.1, 0.15) is 16.8 Å². The second-order valence-electron chi connectivity index (χ2n) is 7.33. The largest absolute Gasteiger partial charge is 0.494 e. The number of para-hydroxylation sites is 1. The number of thiazole rings is 1. The molecule has 3 rings (SSSR count). The molecule has 8 nitrogen and oxygen atoms in total. The van der Waals surface area contributed by atoms with Crippen molar-refractivity contribution < 1.29 is 23.7 Å².